The van der Waals surface area contributed by atoms with Gasteiger partial charge in [-0.15, -0.1) is 12.4 Å². The number of hydrogen-bond donors (Lipinski definition) is 0. The average Bonchev–Trinajstić information content (AvgIpc) is 3.27. The fourth-order valence-electron chi connectivity index (χ4n) is 3.88. The summed E-state index contributed by atoms with van der Waals surface area (Å²) in [7, 11) is 2.20. The number of imidazole rings is 2. The van der Waals surface area contributed by atoms with Crippen LogP contribution in [0.25, 0.3) is 11.3 Å². The quantitative estimate of drug-likeness (QED) is 0.655. The molecule has 0 bridgehead atoms. The number of anilines is 1. The van der Waals surface area contributed by atoms with Crippen molar-refractivity contribution in [3.05, 3.63) is 54.5 Å². The van der Waals surface area contributed by atoms with Crippen LogP contribution in [0.3, 0.4) is 0 Å². The summed E-state index contributed by atoms with van der Waals surface area (Å²) in [5, 5.41) is 0. The predicted molar refractivity (Wildman–Crippen MR) is 113 cm³/mol. The third-order valence-corrected chi connectivity index (χ3v) is 5.68. The van der Waals surface area contributed by atoms with Crippen molar-refractivity contribution in [1.82, 2.24) is 19.1 Å². The summed E-state index contributed by atoms with van der Waals surface area (Å²) < 4.78 is 4.47. The molecule has 1 aliphatic heterocycles. The fraction of sp³-hybridized carbons (Fsp3) is 0.429. The lowest BCUT2D eigenvalue weighted by atomic mass is 9.95. The van der Waals surface area contributed by atoms with Crippen LogP contribution < -0.4 is 4.90 Å². The Morgan fingerprint density at radius 3 is 2.78 bits per heavy atom. The molecule has 0 saturated carbocycles. The maximum Gasteiger partial charge on any atom is 0.105 e. The number of aromatic nitrogens is 4. The van der Waals surface area contributed by atoms with Crippen molar-refractivity contribution in [2.75, 3.05) is 11.9 Å². The first kappa shape index (κ1) is 19.5. The molecule has 0 amide bonds. The van der Waals surface area contributed by atoms with Crippen LogP contribution in [0.15, 0.2) is 43.1 Å². The van der Waals surface area contributed by atoms with Gasteiger partial charge in [-0.3, -0.25) is 0 Å². The molecule has 4 rings (SSSR count). The van der Waals surface area contributed by atoms with Crippen molar-refractivity contribution >= 4 is 18.1 Å². The number of hydrogen-bond acceptors (Lipinski definition) is 3. The largest absolute Gasteiger partial charge is 0.372 e. The molecule has 1 aliphatic rings. The smallest absolute Gasteiger partial charge is 0.105 e. The van der Waals surface area contributed by atoms with Gasteiger partial charge < -0.3 is 14.0 Å². The van der Waals surface area contributed by atoms with E-state index in [4.69, 9.17) is 0 Å². The Balaban J connectivity index is 0.00000210. The van der Waals surface area contributed by atoms with Crippen LogP contribution in [-0.4, -0.2) is 32.2 Å². The highest BCUT2D eigenvalue weighted by molar-refractivity contribution is 5.85. The monoisotopic (exact) mass is 385 g/mol. The molecule has 3 heterocycles. The summed E-state index contributed by atoms with van der Waals surface area (Å²) in [5.74, 6) is 1.07. The SMILES string of the molecule is Cc1nccn1CCCn1cncc1-c1ccc2c(c1)CCC(C)N2C.Cl. The third kappa shape index (κ3) is 3.88. The molecule has 6 heteroatoms. The van der Waals surface area contributed by atoms with E-state index in [0.29, 0.717) is 6.04 Å². The molecule has 0 N–H and O–H groups in total. The van der Waals surface area contributed by atoms with Gasteiger partial charge in [0, 0.05) is 49.8 Å². The van der Waals surface area contributed by atoms with E-state index in [1.165, 1.54) is 28.9 Å². The van der Waals surface area contributed by atoms with Gasteiger partial charge in [-0.25, -0.2) is 9.97 Å². The summed E-state index contributed by atoms with van der Waals surface area (Å²) >= 11 is 0. The van der Waals surface area contributed by atoms with Gasteiger partial charge >= 0.3 is 0 Å². The summed E-state index contributed by atoms with van der Waals surface area (Å²) in [4.78, 5) is 11.1. The predicted octanol–water partition coefficient (Wildman–Crippen LogP) is 4.34. The number of halogens is 1. The molecule has 1 aromatic carbocycles. The average molecular weight is 386 g/mol. The van der Waals surface area contributed by atoms with Gasteiger partial charge in [0.05, 0.1) is 18.2 Å². The standard InChI is InChI=1S/C21H27N5.ClH/c1-16-5-6-18-13-19(7-8-20(18)24(16)3)21-14-22-15-26(21)11-4-10-25-12-9-23-17(25)2;/h7-9,12-16H,4-6,10-11H2,1-3H3;1H. The first-order valence-corrected chi connectivity index (χ1v) is 9.47. The van der Waals surface area contributed by atoms with Crippen LogP contribution in [0.1, 0.15) is 31.2 Å². The molecule has 0 aliphatic carbocycles. The third-order valence-electron chi connectivity index (χ3n) is 5.68. The normalized spacial score (nSPS) is 16.1. The zero-order valence-corrected chi connectivity index (χ0v) is 17.1. The maximum absolute atomic E-state index is 4.40. The first-order valence-electron chi connectivity index (χ1n) is 9.47. The Hall–Kier alpha value is -2.27. The number of aryl methyl sites for hydroxylation is 4. The van der Waals surface area contributed by atoms with Crippen LogP contribution in [-0.2, 0) is 19.5 Å². The second kappa shape index (κ2) is 8.17. The zero-order chi connectivity index (χ0) is 18.1. The molecule has 2 aromatic heterocycles. The van der Waals surface area contributed by atoms with Crippen LogP contribution in [0.5, 0.6) is 0 Å². The second-order valence-corrected chi connectivity index (χ2v) is 7.34. The van der Waals surface area contributed by atoms with E-state index in [9.17, 15) is 0 Å². The lowest BCUT2D eigenvalue weighted by molar-refractivity contribution is 0.557. The lowest BCUT2D eigenvalue weighted by Gasteiger charge is -2.34. The van der Waals surface area contributed by atoms with Crippen molar-refractivity contribution in [1.29, 1.82) is 0 Å². The van der Waals surface area contributed by atoms with E-state index in [-0.39, 0.29) is 12.4 Å². The Morgan fingerprint density at radius 1 is 1.19 bits per heavy atom. The minimum atomic E-state index is 0. The van der Waals surface area contributed by atoms with Gasteiger partial charge in [0.15, 0.2) is 0 Å². The van der Waals surface area contributed by atoms with E-state index in [1.54, 1.807) is 0 Å². The molecule has 5 nitrogen and oxygen atoms in total. The topological polar surface area (TPSA) is 38.9 Å². The van der Waals surface area contributed by atoms with Gasteiger partial charge in [0.25, 0.3) is 0 Å². The van der Waals surface area contributed by atoms with Gasteiger partial charge in [-0.1, -0.05) is 6.07 Å². The van der Waals surface area contributed by atoms with Crippen LogP contribution in [0.4, 0.5) is 5.69 Å². The number of rotatable bonds is 5. The minimum absolute atomic E-state index is 0. The lowest BCUT2D eigenvalue weighted by Crippen LogP contribution is -2.33. The molecule has 0 radical (unpaired) electrons. The van der Waals surface area contributed by atoms with E-state index in [2.05, 4.69) is 56.2 Å². The Kier molecular flexibility index (Phi) is 5.90. The van der Waals surface area contributed by atoms with Crippen molar-refractivity contribution < 1.29 is 0 Å². The van der Waals surface area contributed by atoms with Gasteiger partial charge in [-0.05, 0) is 50.8 Å². The molecule has 3 aromatic rings. The van der Waals surface area contributed by atoms with Crippen molar-refractivity contribution in [2.45, 2.75) is 52.2 Å². The van der Waals surface area contributed by atoms with Gasteiger partial charge in [-0.2, -0.15) is 0 Å². The Bertz CT molecular complexity index is 898. The van der Waals surface area contributed by atoms with Gasteiger partial charge in [0.2, 0.25) is 0 Å². The van der Waals surface area contributed by atoms with Crippen LogP contribution in [0, 0.1) is 6.92 Å². The van der Waals surface area contributed by atoms with Gasteiger partial charge in [0.1, 0.15) is 5.82 Å². The summed E-state index contributed by atoms with van der Waals surface area (Å²) in [6.07, 6.45) is 11.3. The van der Waals surface area contributed by atoms with Crippen LogP contribution in [0.2, 0.25) is 0 Å². The van der Waals surface area contributed by atoms with E-state index in [0.717, 1.165) is 31.8 Å². The molecule has 0 fully saturated rings. The second-order valence-electron chi connectivity index (χ2n) is 7.34. The molecule has 144 valence electrons. The Labute approximate surface area is 167 Å². The molecule has 0 spiro atoms. The summed E-state index contributed by atoms with van der Waals surface area (Å²) in [5.41, 5.74) is 5.29. The highest BCUT2D eigenvalue weighted by atomic mass is 35.5. The van der Waals surface area contributed by atoms with E-state index >= 15 is 0 Å². The molecule has 1 unspecified atom stereocenters. The maximum atomic E-state index is 4.40. The molecular formula is C21H28ClN5. The molecule has 1 atom stereocenters. The minimum Gasteiger partial charge on any atom is -0.372 e. The first-order chi connectivity index (χ1) is 12.6. The summed E-state index contributed by atoms with van der Waals surface area (Å²) in [6, 6.07) is 7.48. The van der Waals surface area contributed by atoms with Crippen molar-refractivity contribution in [3.63, 3.8) is 0 Å². The Morgan fingerprint density at radius 2 is 2.00 bits per heavy atom. The highest BCUT2D eigenvalue weighted by Crippen LogP contribution is 2.33. The molecule has 0 saturated heterocycles. The zero-order valence-electron chi connectivity index (χ0n) is 16.3. The fourth-order valence-corrected chi connectivity index (χ4v) is 3.88. The summed E-state index contributed by atoms with van der Waals surface area (Å²) in [6.45, 7) is 6.29. The molecular weight excluding hydrogens is 358 g/mol. The van der Waals surface area contributed by atoms with Crippen LogP contribution >= 0.6 is 12.4 Å². The number of benzene rings is 1. The van der Waals surface area contributed by atoms with Crippen molar-refractivity contribution in [3.8, 4) is 11.3 Å². The van der Waals surface area contributed by atoms with E-state index < -0.39 is 0 Å². The van der Waals surface area contributed by atoms with Crippen molar-refractivity contribution in [2.24, 2.45) is 0 Å². The molecule has 27 heavy (non-hydrogen) atoms. The number of fused-ring (bicyclic) bond motifs is 1. The number of nitrogens with zero attached hydrogens (tertiary/aromatic N) is 5. The van der Waals surface area contributed by atoms with E-state index in [1.807, 2.05) is 31.8 Å². The highest BCUT2D eigenvalue weighted by Gasteiger charge is 2.20.